The first-order valence-electron chi connectivity index (χ1n) is 5.41. The quantitative estimate of drug-likeness (QED) is 0.518. The van der Waals surface area contributed by atoms with Crippen LogP contribution in [-0.2, 0) is 4.74 Å². The summed E-state index contributed by atoms with van der Waals surface area (Å²) in [6, 6.07) is 4.46. The minimum atomic E-state index is -0.540. The number of aromatic nitrogens is 2. The summed E-state index contributed by atoms with van der Waals surface area (Å²) in [5, 5.41) is 10.8. The van der Waals surface area contributed by atoms with Gasteiger partial charge in [0.2, 0.25) is 0 Å². The Hall–Kier alpha value is -2.70. The zero-order valence-corrected chi connectivity index (χ0v) is 10.3. The van der Waals surface area contributed by atoms with E-state index in [0.717, 1.165) is 5.56 Å². The van der Waals surface area contributed by atoms with Gasteiger partial charge in [-0.3, -0.25) is 10.1 Å². The highest BCUT2D eigenvalue weighted by molar-refractivity contribution is 5.87. The number of ether oxygens (including phenoxy) is 1. The molecular formula is C12H11N3O4. The van der Waals surface area contributed by atoms with Crippen molar-refractivity contribution in [3.8, 4) is 11.4 Å². The van der Waals surface area contributed by atoms with Gasteiger partial charge >= 0.3 is 5.97 Å². The molecule has 2 rings (SSSR count). The van der Waals surface area contributed by atoms with Crippen molar-refractivity contribution in [1.29, 1.82) is 0 Å². The maximum absolute atomic E-state index is 11.3. The number of rotatable bonds is 3. The largest absolute Gasteiger partial charge is 0.464 e. The van der Waals surface area contributed by atoms with E-state index in [1.165, 1.54) is 25.4 Å². The second-order valence-electron chi connectivity index (χ2n) is 3.89. The molecule has 1 heterocycles. The average molecular weight is 261 g/mol. The number of nitro benzene ring substituents is 1. The van der Waals surface area contributed by atoms with E-state index >= 15 is 0 Å². The third-order valence-corrected chi connectivity index (χ3v) is 2.67. The number of aryl methyl sites for hydroxylation is 1. The van der Waals surface area contributed by atoms with Crippen LogP contribution < -0.4 is 0 Å². The second-order valence-corrected chi connectivity index (χ2v) is 3.89. The number of aromatic amines is 1. The number of H-pyrrole nitrogens is 1. The van der Waals surface area contributed by atoms with E-state index in [4.69, 9.17) is 0 Å². The normalized spacial score (nSPS) is 10.2. The minimum Gasteiger partial charge on any atom is -0.464 e. The number of non-ortho nitro benzene ring substituents is 1. The molecule has 0 bridgehead atoms. The highest BCUT2D eigenvalue weighted by Gasteiger charge is 2.15. The van der Waals surface area contributed by atoms with Crippen molar-refractivity contribution >= 4 is 11.7 Å². The molecular weight excluding hydrogens is 250 g/mol. The molecule has 98 valence electrons. The maximum Gasteiger partial charge on any atom is 0.356 e. The predicted octanol–water partition coefficient (Wildman–Crippen LogP) is 2.08. The van der Waals surface area contributed by atoms with E-state index in [2.05, 4.69) is 14.7 Å². The summed E-state index contributed by atoms with van der Waals surface area (Å²) in [5.74, 6) is -0.150. The number of nitrogens with zero attached hydrogens (tertiary/aromatic N) is 2. The Balaban J connectivity index is 2.46. The molecule has 0 unspecified atom stereocenters. The Bertz CT molecular complexity index is 648. The van der Waals surface area contributed by atoms with Gasteiger partial charge in [-0.05, 0) is 12.5 Å². The van der Waals surface area contributed by atoms with Crippen molar-refractivity contribution in [3.63, 3.8) is 0 Å². The number of benzene rings is 1. The monoisotopic (exact) mass is 261 g/mol. The Morgan fingerprint density at radius 2 is 2.21 bits per heavy atom. The maximum atomic E-state index is 11.3. The predicted molar refractivity (Wildman–Crippen MR) is 66.8 cm³/mol. The molecule has 0 fully saturated rings. The Kier molecular flexibility index (Phi) is 3.28. The second kappa shape index (κ2) is 4.89. The third-order valence-electron chi connectivity index (χ3n) is 2.67. The number of nitrogens with one attached hydrogen (secondary N) is 1. The van der Waals surface area contributed by atoms with Crippen LogP contribution in [0.15, 0.2) is 24.4 Å². The van der Waals surface area contributed by atoms with Crippen LogP contribution in [0.2, 0.25) is 0 Å². The zero-order valence-electron chi connectivity index (χ0n) is 10.3. The number of hydrogen-bond donors (Lipinski definition) is 1. The molecule has 1 N–H and O–H groups in total. The van der Waals surface area contributed by atoms with Gasteiger partial charge in [0, 0.05) is 17.7 Å². The third kappa shape index (κ3) is 2.44. The summed E-state index contributed by atoms with van der Waals surface area (Å²) in [7, 11) is 1.27. The zero-order chi connectivity index (χ0) is 14.0. The molecule has 0 saturated carbocycles. The SMILES string of the molecule is COC(=O)c1cnc(-c2cc([N+](=O)[O-])ccc2C)[nH]1. The van der Waals surface area contributed by atoms with Gasteiger partial charge in [0.25, 0.3) is 5.69 Å². The van der Waals surface area contributed by atoms with Gasteiger partial charge in [-0.1, -0.05) is 6.07 Å². The van der Waals surface area contributed by atoms with Crippen LogP contribution >= 0.6 is 0 Å². The van der Waals surface area contributed by atoms with Gasteiger partial charge in [0.15, 0.2) is 0 Å². The van der Waals surface area contributed by atoms with Gasteiger partial charge in [-0.25, -0.2) is 9.78 Å². The van der Waals surface area contributed by atoms with E-state index in [0.29, 0.717) is 11.4 Å². The van der Waals surface area contributed by atoms with Crippen molar-refractivity contribution in [2.75, 3.05) is 7.11 Å². The molecule has 0 spiro atoms. The van der Waals surface area contributed by atoms with Crippen LogP contribution in [0.1, 0.15) is 16.1 Å². The van der Waals surface area contributed by atoms with Crippen LogP contribution in [0, 0.1) is 17.0 Å². The number of hydrogen-bond acceptors (Lipinski definition) is 5. The minimum absolute atomic E-state index is 0.0309. The molecule has 0 radical (unpaired) electrons. The van der Waals surface area contributed by atoms with Crippen molar-refractivity contribution in [2.45, 2.75) is 6.92 Å². The van der Waals surface area contributed by atoms with Crippen molar-refractivity contribution in [1.82, 2.24) is 9.97 Å². The molecule has 0 aliphatic carbocycles. The molecule has 7 nitrogen and oxygen atoms in total. The van der Waals surface area contributed by atoms with Crippen LogP contribution in [0.4, 0.5) is 5.69 Å². The Morgan fingerprint density at radius 3 is 2.84 bits per heavy atom. The standard InChI is InChI=1S/C12H11N3O4/c1-7-3-4-8(15(17)18)5-9(7)11-13-6-10(14-11)12(16)19-2/h3-6H,1-2H3,(H,13,14). The molecule has 0 atom stereocenters. The van der Waals surface area contributed by atoms with E-state index in [-0.39, 0.29) is 11.4 Å². The first kappa shape index (κ1) is 12.7. The van der Waals surface area contributed by atoms with E-state index in [1.807, 2.05) is 0 Å². The van der Waals surface area contributed by atoms with Crippen LogP contribution in [0.25, 0.3) is 11.4 Å². The Labute approximate surface area is 108 Å². The number of nitro groups is 1. The molecule has 0 amide bonds. The fourth-order valence-corrected chi connectivity index (χ4v) is 1.65. The van der Waals surface area contributed by atoms with Crippen LogP contribution in [0.3, 0.4) is 0 Å². The smallest absolute Gasteiger partial charge is 0.356 e. The van der Waals surface area contributed by atoms with Crippen LogP contribution in [-0.4, -0.2) is 28.0 Å². The summed E-state index contributed by atoms with van der Waals surface area (Å²) < 4.78 is 4.56. The van der Waals surface area contributed by atoms with Crippen molar-refractivity contribution in [3.05, 3.63) is 45.8 Å². The lowest BCUT2D eigenvalue weighted by Crippen LogP contribution is -2.01. The van der Waals surface area contributed by atoms with E-state index in [1.54, 1.807) is 13.0 Å². The van der Waals surface area contributed by atoms with Crippen LogP contribution in [0.5, 0.6) is 0 Å². The molecule has 1 aromatic heterocycles. The van der Waals surface area contributed by atoms with Crippen molar-refractivity contribution < 1.29 is 14.5 Å². The molecule has 7 heteroatoms. The average Bonchev–Trinajstić information content (AvgIpc) is 2.87. The molecule has 2 aromatic rings. The first-order valence-corrected chi connectivity index (χ1v) is 5.41. The van der Waals surface area contributed by atoms with E-state index < -0.39 is 10.9 Å². The summed E-state index contributed by atoms with van der Waals surface area (Å²) in [4.78, 5) is 28.4. The fourth-order valence-electron chi connectivity index (χ4n) is 1.65. The fraction of sp³-hybridized carbons (Fsp3) is 0.167. The first-order chi connectivity index (χ1) is 9.02. The highest BCUT2D eigenvalue weighted by atomic mass is 16.6. The van der Waals surface area contributed by atoms with Gasteiger partial charge in [-0.15, -0.1) is 0 Å². The molecule has 0 aliphatic heterocycles. The number of methoxy groups -OCH3 is 1. The molecule has 0 aliphatic rings. The number of carbonyl (C=O) groups excluding carboxylic acids is 1. The van der Waals surface area contributed by atoms with Gasteiger partial charge in [-0.2, -0.15) is 0 Å². The van der Waals surface area contributed by atoms with Gasteiger partial charge < -0.3 is 9.72 Å². The van der Waals surface area contributed by atoms with Gasteiger partial charge in [0.1, 0.15) is 11.5 Å². The Morgan fingerprint density at radius 1 is 1.47 bits per heavy atom. The molecule has 1 aromatic carbocycles. The molecule has 0 saturated heterocycles. The highest BCUT2D eigenvalue weighted by Crippen LogP contribution is 2.25. The summed E-state index contributed by atoms with van der Waals surface area (Å²) in [5.41, 5.74) is 1.56. The summed E-state index contributed by atoms with van der Waals surface area (Å²) >= 11 is 0. The van der Waals surface area contributed by atoms with Gasteiger partial charge in [0.05, 0.1) is 18.2 Å². The van der Waals surface area contributed by atoms with E-state index in [9.17, 15) is 14.9 Å². The summed E-state index contributed by atoms with van der Waals surface area (Å²) in [6.07, 6.45) is 1.33. The lowest BCUT2D eigenvalue weighted by molar-refractivity contribution is -0.384. The number of esters is 1. The molecule has 19 heavy (non-hydrogen) atoms. The lowest BCUT2D eigenvalue weighted by Gasteiger charge is -2.02. The lowest BCUT2D eigenvalue weighted by atomic mass is 10.1. The van der Waals surface area contributed by atoms with Crippen molar-refractivity contribution in [2.24, 2.45) is 0 Å². The number of imidazole rings is 1. The number of carbonyl (C=O) groups is 1. The summed E-state index contributed by atoms with van der Waals surface area (Å²) in [6.45, 7) is 1.80. The topological polar surface area (TPSA) is 98.1 Å².